The van der Waals surface area contributed by atoms with Crippen molar-refractivity contribution in [2.75, 3.05) is 23.4 Å². The number of benzene rings is 1. The minimum Gasteiger partial charge on any atom is -0.466 e. The van der Waals surface area contributed by atoms with Crippen molar-refractivity contribution >= 4 is 33.6 Å². The van der Waals surface area contributed by atoms with Crippen LogP contribution in [0.25, 0.3) is 0 Å². The van der Waals surface area contributed by atoms with E-state index in [9.17, 15) is 9.59 Å². The molecule has 9 heteroatoms. The molecule has 3 rings (SSSR count). The van der Waals surface area contributed by atoms with Crippen LogP contribution in [0.3, 0.4) is 0 Å². The molecule has 1 aliphatic heterocycles. The molecule has 0 radical (unpaired) electrons. The van der Waals surface area contributed by atoms with Crippen LogP contribution in [0.5, 0.6) is 0 Å². The number of amides is 2. The van der Waals surface area contributed by atoms with Gasteiger partial charge in [0.1, 0.15) is 0 Å². The Morgan fingerprint density at radius 2 is 2.07 bits per heavy atom. The molecule has 2 heterocycles. The van der Waals surface area contributed by atoms with Crippen molar-refractivity contribution < 1.29 is 14.3 Å². The van der Waals surface area contributed by atoms with E-state index in [0.717, 1.165) is 30.1 Å². The zero-order valence-corrected chi connectivity index (χ0v) is 17.6. The van der Waals surface area contributed by atoms with Gasteiger partial charge in [-0.2, -0.15) is 0 Å². The summed E-state index contributed by atoms with van der Waals surface area (Å²) in [4.78, 5) is 26.7. The predicted octanol–water partition coefficient (Wildman–Crippen LogP) is 3.73. The number of esters is 1. The van der Waals surface area contributed by atoms with Crippen molar-refractivity contribution in [1.29, 1.82) is 0 Å². The molecule has 1 fully saturated rings. The van der Waals surface area contributed by atoms with E-state index >= 15 is 0 Å². The lowest BCUT2D eigenvalue weighted by molar-refractivity contribution is -0.143. The van der Waals surface area contributed by atoms with Gasteiger partial charge >= 0.3 is 12.0 Å². The van der Waals surface area contributed by atoms with E-state index in [1.165, 1.54) is 17.8 Å². The Morgan fingerprint density at radius 1 is 1.28 bits per heavy atom. The molecule has 2 N–H and O–H groups in total. The van der Waals surface area contributed by atoms with Crippen LogP contribution < -0.4 is 15.5 Å². The standard InChI is InChI=1S/C20H27N5O3S/c1-3-28-17(26)13-16(15-10-5-4-6-11-15)21-18(27)22-19-23-24-20(29-19)25-12-8-7-9-14(25)2/h4-6,10-11,14,16H,3,7-9,12-13H2,1-2H3,(H2,21,22,23,27)/t14-,16+/m1/s1. The lowest BCUT2D eigenvalue weighted by Crippen LogP contribution is -2.37. The summed E-state index contributed by atoms with van der Waals surface area (Å²) in [6, 6.07) is 8.84. The van der Waals surface area contributed by atoms with E-state index in [1.807, 2.05) is 30.3 Å². The smallest absolute Gasteiger partial charge is 0.321 e. The Kier molecular flexibility index (Phi) is 7.40. The largest absolute Gasteiger partial charge is 0.466 e. The summed E-state index contributed by atoms with van der Waals surface area (Å²) >= 11 is 1.36. The van der Waals surface area contributed by atoms with E-state index in [1.54, 1.807) is 6.92 Å². The van der Waals surface area contributed by atoms with Gasteiger partial charge in [0.2, 0.25) is 10.3 Å². The van der Waals surface area contributed by atoms with Crippen molar-refractivity contribution in [2.24, 2.45) is 0 Å². The van der Waals surface area contributed by atoms with Gasteiger partial charge in [0.25, 0.3) is 0 Å². The molecule has 2 atom stereocenters. The fourth-order valence-corrected chi connectivity index (χ4v) is 4.25. The summed E-state index contributed by atoms with van der Waals surface area (Å²) in [5.74, 6) is -0.362. The van der Waals surface area contributed by atoms with Gasteiger partial charge in [-0.25, -0.2) is 4.79 Å². The van der Waals surface area contributed by atoms with Gasteiger partial charge in [-0.15, -0.1) is 10.2 Å². The van der Waals surface area contributed by atoms with Crippen LogP contribution in [0.1, 0.15) is 51.1 Å². The molecule has 0 unspecified atom stereocenters. The number of carbonyl (C=O) groups is 2. The number of nitrogens with zero attached hydrogens (tertiary/aromatic N) is 3. The first-order valence-electron chi connectivity index (χ1n) is 9.95. The van der Waals surface area contributed by atoms with Gasteiger partial charge in [0.15, 0.2) is 0 Å². The molecule has 0 aliphatic carbocycles. The van der Waals surface area contributed by atoms with Gasteiger partial charge < -0.3 is 15.0 Å². The number of aromatic nitrogens is 2. The second kappa shape index (κ2) is 10.2. The molecule has 8 nitrogen and oxygen atoms in total. The van der Waals surface area contributed by atoms with Crippen LogP contribution in [0, 0.1) is 0 Å². The van der Waals surface area contributed by atoms with Crippen molar-refractivity contribution in [3.8, 4) is 0 Å². The Hall–Kier alpha value is -2.68. The highest BCUT2D eigenvalue weighted by Crippen LogP contribution is 2.29. The van der Waals surface area contributed by atoms with E-state index in [4.69, 9.17) is 4.74 Å². The first-order valence-corrected chi connectivity index (χ1v) is 10.8. The second-order valence-corrected chi connectivity index (χ2v) is 7.95. The molecular weight excluding hydrogens is 390 g/mol. The maximum atomic E-state index is 12.5. The molecule has 2 amide bonds. The number of rotatable bonds is 7. The van der Waals surface area contributed by atoms with Crippen LogP contribution in [-0.4, -0.2) is 41.4 Å². The molecule has 1 saturated heterocycles. The summed E-state index contributed by atoms with van der Waals surface area (Å²) in [5, 5.41) is 15.2. The SMILES string of the molecule is CCOC(=O)C[C@H](NC(=O)Nc1nnc(N2CCCC[C@H]2C)s1)c1ccccc1. The number of nitrogens with one attached hydrogen (secondary N) is 2. The van der Waals surface area contributed by atoms with E-state index < -0.39 is 12.1 Å². The Bertz CT molecular complexity index is 813. The lowest BCUT2D eigenvalue weighted by atomic mass is 10.0. The van der Waals surface area contributed by atoms with Crippen molar-refractivity contribution in [3.05, 3.63) is 35.9 Å². The third-order valence-corrected chi connectivity index (χ3v) is 5.74. The van der Waals surface area contributed by atoms with Crippen molar-refractivity contribution in [2.45, 2.75) is 51.6 Å². The number of anilines is 2. The predicted molar refractivity (Wildman–Crippen MR) is 113 cm³/mol. The summed E-state index contributed by atoms with van der Waals surface area (Å²) < 4.78 is 5.04. The Morgan fingerprint density at radius 3 is 2.79 bits per heavy atom. The fourth-order valence-electron chi connectivity index (χ4n) is 3.38. The van der Waals surface area contributed by atoms with E-state index in [2.05, 4.69) is 32.7 Å². The van der Waals surface area contributed by atoms with Crippen LogP contribution >= 0.6 is 11.3 Å². The molecule has 156 valence electrons. The highest BCUT2D eigenvalue weighted by molar-refractivity contribution is 7.19. The number of ether oxygens (including phenoxy) is 1. The average molecular weight is 418 g/mol. The van der Waals surface area contributed by atoms with Gasteiger partial charge in [0.05, 0.1) is 19.1 Å². The monoisotopic (exact) mass is 417 g/mol. The molecule has 0 saturated carbocycles. The third-order valence-electron chi connectivity index (χ3n) is 4.87. The van der Waals surface area contributed by atoms with Gasteiger partial charge in [-0.3, -0.25) is 10.1 Å². The van der Waals surface area contributed by atoms with Crippen molar-refractivity contribution in [1.82, 2.24) is 15.5 Å². The van der Waals surface area contributed by atoms with Gasteiger partial charge in [0, 0.05) is 12.6 Å². The number of urea groups is 1. The van der Waals surface area contributed by atoms with Crippen LogP contribution in [-0.2, 0) is 9.53 Å². The summed E-state index contributed by atoms with van der Waals surface area (Å²) in [6.45, 7) is 5.19. The average Bonchev–Trinajstić information content (AvgIpc) is 3.16. The third kappa shape index (κ3) is 5.90. The van der Waals surface area contributed by atoms with Crippen molar-refractivity contribution in [3.63, 3.8) is 0 Å². The molecular formula is C20H27N5O3S. The quantitative estimate of drug-likeness (QED) is 0.667. The van der Waals surface area contributed by atoms with Crippen LogP contribution in [0.15, 0.2) is 30.3 Å². The van der Waals surface area contributed by atoms with Crippen LogP contribution in [0.4, 0.5) is 15.1 Å². The highest BCUT2D eigenvalue weighted by Gasteiger charge is 2.23. The molecule has 0 bridgehead atoms. The van der Waals surface area contributed by atoms with Gasteiger partial charge in [-0.05, 0) is 38.7 Å². The first kappa shape index (κ1) is 21.0. The summed E-state index contributed by atoms with van der Waals surface area (Å²) in [7, 11) is 0. The molecule has 0 spiro atoms. The van der Waals surface area contributed by atoms with Gasteiger partial charge in [-0.1, -0.05) is 41.7 Å². The number of hydrogen-bond acceptors (Lipinski definition) is 7. The topological polar surface area (TPSA) is 96.4 Å². The summed E-state index contributed by atoms with van der Waals surface area (Å²) in [6.07, 6.45) is 3.55. The molecule has 1 aromatic heterocycles. The van der Waals surface area contributed by atoms with E-state index in [-0.39, 0.29) is 12.4 Å². The zero-order valence-electron chi connectivity index (χ0n) is 16.8. The maximum absolute atomic E-state index is 12.5. The number of piperidine rings is 1. The lowest BCUT2D eigenvalue weighted by Gasteiger charge is -2.32. The Balaban J connectivity index is 1.63. The number of hydrogen-bond donors (Lipinski definition) is 2. The number of carbonyl (C=O) groups excluding carboxylic acids is 2. The molecule has 1 aliphatic rings. The normalized spacial score (nSPS) is 17.4. The minimum atomic E-state index is -0.496. The zero-order chi connectivity index (χ0) is 20.6. The minimum absolute atomic E-state index is 0.0535. The molecule has 29 heavy (non-hydrogen) atoms. The van der Waals surface area contributed by atoms with Crippen LogP contribution in [0.2, 0.25) is 0 Å². The fraction of sp³-hybridized carbons (Fsp3) is 0.500. The molecule has 2 aromatic rings. The summed E-state index contributed by atoms with van der Waals surface area (Å²) in [5.41, 5.74) is 0.829. The maximum Gasteiger partial charge on any atom is 0.321 e. The van der Waals surface area contributed by atoms with E-state index in [0.29, 0.717) is 17.8 Å². The first-order chi connectivity index (χ1) is 14.1. The highest BCUT2D eigenvalue weighted by atomic mass is 32.1. The Labute approximate surface area is 174 Å². The second-order valence-electron chi connectivity index (χ2n) is 7.00. The molecule has 1 aromatic carbocycles.